The Kier molecular flexibility index (Phi) is 6.36. The number of thioether (sulfide) groups is 1. The third kappa shape index (κ3) is 5.41. The monoisotopic (exact) mass is 259 g/mol. The summed E-state index contributed by atoms with van der Waals surface area (Å²) < 4.78 is 0. The number of imide groups is 1. The van der Waals surface area contributed by atoms with Crippen LogP contribution in [0.5, 0.6) is 0 Å². The number of carbonyl (C=O) groups is 2. The molecule has 2 unspecified atom stereocenters. The standard InChI is InChI=1S/C11H21N3O2S/c1-8(10(15)14-11(16)12-2)13-7-9-5-3-4-6-17-9/h8-9,13H,3-7H2,1-2H3,(H2,12,14,15,16). The van der Waals surface area contributed by atoms with Gasteiger partial charge in [-0.1, -0.05) is 6.42 Å². The molecule has 0 aromatic heterocycles. The van der Waals surface area contributed by atoms with Crippen LogP contribution in [0.15, 0.2) is 0 Å². The van der Waals surface area contributed by atoms with Crippen molar-refractivity contribution >= 4 is 23.7 Å². The first kappa shape index (κ1) is 14.3. The van der Waals surface area contributed by atoms with Gasteiger partial charge >= 0.3 is 6.03 Å². The topological polar surface area (TPSA) is 70.2 Å². The number of amides is 3. The highest BCUT2D eigenvalue weighted by molar-refractivity contribution is 7.99. The van der Waals surface area contributed by atoms with Crippen LogP contribution in [0.4, 0.5) is 4.79 Å². The Morgan fingerprint density at radius 1 is 1.41 bits per heavy atom. The van der Waals surface area contributed by atoms with E-state index in [1.807, 2.05) is 11.8 Å². The Bertz CT molecular complexity index is 267. The molecule has 1 aliphatic rings. The summed E-state index contributed by atoms with van der Waals surface area (Å²) in [6.07, 6.45) is 3.79. The van der Waals surface area contributed by atoms with E-state index in [0.29, 0.717) is 5.25 Å². The molecule has 1 heterocycles. The van der Waals surface area contributed by atoms with E-state index < -0.39 is 6.03 Å². The fourth-order valence-corrected chi connectivity index (χ4v) is 2.90. The lowest BCUT2D eigenvalue weighted by Gasteiger charge is -2.23. The molecule has 1 fully saturated rings. The summed E-state index contributed by atoms with van der Waals surface area (Å²) in [4.78, 5) is 22.5. The fourth-order valence-electron chi connectivity index (χ4n) is 1.65. The van der Waals surface area contributed by atoms with Gasteiger partial charge < -0.3 is 10.6 Å². The van der Waals surface area contributed by atoms with Crippen molar-refractivity contribution in [3.63, 3.8) is 0 Å². The van der Waals surface area contributed by atoms with E-state index in [-0.39, 0.29) is 11.9 Å². The largest absolute Gasteiger partial charge is 0.341 e. The van der Waals surface area contributed by atoms with E-state index in [1.54, 1.807) is 6.92 Å². The summed E-state index contributed by atoms with van der Waals surface area (Å²) in [6, 6.07) is -0.800. The van der Waals surface area contributed by atoms with Crippen molar-refractivity contribution in [2.45, 2.75) is 37.5 Å². The van der Waals surface area contributed by atoms with Crippen molar-refractivity contribution < 1.29 is 9.59 Å². The Morgan fingerprint density at radius 3 is 2.76 bits per heavy atom. The minimum atomic E-state index is -0.462. The van der Waals surface area contributed by atoms with Crippen LogP contribution >= 0.6 is 11.8 Å². The zero-order chi connectivity index (χ0) is 12.7. The first-order chi connectivity index (χ1) is 8.13. The van der Waals surface area contributed by atoms with Gasteiger partial charge in [0.05, 0.1) is 6.04 Å². The summed E-state index contributed by atoms with van der Waals surface area (Å²) in [5.74, 6) is 0.927. The Hall–Kier alpha value is -0.750. The number of nitrogens with one attached hydrogen (secondary N) is 3. The molecule has 2 atom stereocenters. The molecule has 3 N–H and O–H groups in total. The summed E-state index contributed by atoms with van der Waals surface area (Å²) in [6.45, 7) is 2.60. The summed E-state index contributed by atoms with van der Waals surface area (Å²) in [5, 5.41) is 8.38. The van der Waals surface area contributed by atoms with Crippen molar-refractivity contribution in [1.29, 1.82) is 0 Å². The zero-order valence-electron chi connectivity index (χ0n) is 10.4. The SMILES string of the molecule is CNC(=O)NC(=O)C(C)NCC1CCCCS1. The van der Waals surface area contributed by atoms with E-state index in [2.05, 4.69) is 16.0 Å². The minimum absolute atomic E-state index is 0.287. The van der Waals surface area contributed by atoms with Crippen molar-refractivity contribution in [3.8, 4) is 0 Å². The lowest BCUT2D eigenvalue weighted by Crippen LogP contribution is -2.48. The molecule has 1 rings (SSSR count). The number of rotatable bonds is 4. The van der Waals surface area contributed by atoms with Crippen molar-refractivity contribution in [2.24, 2.45) is 0 Å². The smallest absolute Gasteiger partial charge is 0.321 e. The molecule has 98 valence electrons. The van der Waals surface area contributed by atoms with Gasteiger partial charge in [-0.05, 0) is 25.5 Å². The van der Waals surface area contributed by atoms with Gasteiger partial charge in [0.15, 0.2) is 0 Å². The van der Waals surface area contributed by atoms with E-state index >= 15 is 0 Å². The quantitative estimate of drug-likeness (QED) is 0.695. The predicted molar refractivity (Wildman–Crippen MR) is 70.2 cm³/mol. The lowest BCUT2D eigenvalue weighted by molar-refractivity contribution is -0.121. The van der Waals surface area contributed by atoms with Crippen molar-refractivity contribution in [1.82, 2.24) is 16.0 Å². The van der Waals surface area contributed by atoms with Crippen LogP contribution in [-0.2, 0) is 4.79 Å². The summed E-state index contributed by atoms with van der Waals surface area (Å²) in [5.41, 5.74) is 0. The highest BCUT2D eigenvalue weighted by Crippen LogP contribution is 2.24. The molecule has 3 amide bonds. The predicted octanol–water partition coefficient (Wildman–Crippen LogP) is 0.706. The zero-order valence-corrected chi connectivity index (χ0v) is 11.2. The van der Waals surface area contributed by atoms with E-state index in [0.717, 1.165) is 6.54 Å². The Morgan fingerprint density at radius 2 is 2.18 bits per heavy atom. The van der Waals surface area contributed by atoms with Crippen LogP contribution in [0.25, 0.3) is 0 Å². The van der Waals surface area contributed by atoms with E-state index in [1.165, 1.54) is 32.1 Å². The lowest BCUT2D eigenvalue weighted by atomic mass is 10.2. The van der Waals surface area contributed by atoms with Gasteiger partial charge in [-0.15, -0.1) is 0 Å². The Labute approximate surface area is 106 Å². The van der Waals surface area contributed by atoms with Crippen LogP contribution in [0.1, 0.15) is 26.2 Å². The molecule has 0 aromatic rings. The number of carbonyl (C=O) groups excluding carboxylic acids is 2. The molecule has 6 heteroatoms. The first-order valence-corrected chi connectivity index (χ1v) is 7.06. The third-order valence-corrected chi connectivity index (χ3v) is 4.18. The van der Waals surface area contributed by atoms with E-state index in [9.17, 15) is 9.59 Å². The van der Waals surface area contributed by atoms with Crippen molar-refractivity contribution in [3.05, 3.63) is 0 Å². The fraction of sp³-hybridized carbons (Fsp3) is 0.818. The second-order valence-electron chi connectivity index (χ2n) is 4.19. The maximum atomic E-state index is 11.5. The molecular formula is C11H21N3O2S. The van der Waals surface area contributed by atoms with Crippen LogP contribution < -0.4 is 16.0 Å². The molecule has 5 nitrogen and oxygen atoms in total. The van der Waals surface area contributed by atoms with Gasteiger partial charge in [0.25, 0.3) is 0 Å². The highest BCUT2D eigenvalue weighted by atomic mass is 32.2. The number of hydrogen-bond acceptors (Lipinski definition) is 4. The molecule has 0 aromatic carbocycles. The molecule has 0 spiro atoms. The van der Waals surface area contributed by atoms with Crippen molar-refractivity contribution in [2.75, 3.05) is 19.3 Å². The maximum Gasteiger partial charge on any atom is 0.321 e. The number of hydrogen-bond donors (Lipinski definition) is 3. The molecule has 1 aliphatic heterocycles. The van der Waals surface area contributed by atoms with Crippen LogP contribution in [0.2, 0.25) is 0 Å². The molecular weight excluding hydrogens is 238 g/mol. The van der Waals surface area contributed by atoms with Gasteiger partial charge in [0.1, 0.15) is 0 Å². The average molecular weight is 259 g/mol. The molecule has 0 saturated carbocycles. The van der Waals surface area contributed by atoms with E-state index in [4.69, 9.17) is 0 Å². The molecule has 0 radical (unpaired) electrons. The average Bonchev–Trinajstić information content (AvgIpc) is 2.36. The molecule has 1 saturated heterocycles. The molecule has 0 aliphatic carbocycles. The first-order valence-electron chi connectivity index (χ1n) is 6.01. The van der Waals surface area contributed by atoms with Crippen LogP contribution in [0, 0.1) is 0 Å². The van der Waals surface area contributed by atoms with Gasteiger partial charge in [-0.2, -0.15) is 11.8 Å². The van der Waals surface area contributed by atoms with Gasteiger partial charge in [0.2, 0.25) is 5.91 Å². The van der Waals surface area contributed by atoms with Crippen LogP contribution in [0.3, 0.4) is 0 Å². The maximum absolute atomic E-state index is 11.5. The van der Waals surface area contributed by atoms with Gasteiger partial charge in [-0.25, -0.2) is 4.79 Å². The number of urea groups is 1. The minimum Gasteiger partial charge on any atom is -0.341 e. The van der Waals surface area contributed by atoms with Crippen LogP contribution in [-0.4, -0.2) is 42.6 Å². The molecule has 0 bridgehead atoms. The summed E-state index contributed by atoms with van der Waals surface area (Å²) in [7, 11) is 1.49. The second-order valence-corrected chi connectivity index (χ2v) is 5.60. The molecule has 17 heavy (non-hydrogen) atoms. The van der Waals surface area contributed by atoms with Gasteiger partial charge in [0, 0.05) is 18.8 Å². The highest BCUT2D eigenvalue weighted by Gasteiger charge is 2.18. The second kappa shape index (κ2) is 7.55. The summed E-state index contributed by atoms with van der Waals surface area (Å²) >= 11 is 1.96. The third-order valence-electron chi connectivity index (χ3n) is 2.78. The normalized spacial score (nSPS) is 21.6. The van der Waals surface area contributed by atoms with Gasteiger partial charge in [-0.3, -0.25) is 10.1 Å². The Balaban J connectivity index is 2.21.